The molecule has 1 saturated heterocycles. The molecule has 7 heteroatoms. The minimum atomic E-state index is -0.755. The summed E-state index contributed by atoms with van der Waals surface area (Å²) >= 11 is 6.42. The molecule has 1 saturated carbocycles. The molecule has 1 aromatic rings. The molecule has 0 N–H and O–H groups in total. The van der Waals surface area contributed by atoms with Gasteiger partial charge in [0.15, 0.2) is 11.5 Å². The summed E-state index contributed by atoms with van der Waals surface area (Å²) in [6, 6.07) is 1.61. The first kappa shape index (κ1) is 20.8. The van der Waals surface area contributed by atoms with E-state index in [2.05, 4.69) is 4.90 Å². The quantitative estimate of drug-likeness (QED) is 0.680. The molecular weight excluding hydrogens is 394 g/mol. The van der Waals surface area contributed by atoms with Crippen LogP contribution in [0, 0.1) is 18.8 Å². The fraction of sp³-hybridized carbons (Fsp3) is 0.682. The number of benzene rings is 1. The lowest BCUT2D eigenvalue weighted by Crippen LogP contribution is -2.46. The Morgan fingerprint density at radius 1 is 1.21 bits per heavy atom. The van der Waals surface area contributed by atoms with Crippen molar-refractivity contribution in [2.75, 3.05) is 40.0 Å². The van der Waals surface area contributed by atoms with Gasteiger partial charge in [0, 0.05) is 38.0 Å². The van der Waals surface area contributed by atoms with Gasteiger partial charge in [0.1, 0.15) is 0 Å². The zero-order valence-electron chi connectivity index (χ0n) is 17.5. The van der Waals surface area contributed by atoms with E-state index in [1.54, 1.807) is 6.07 Å². The maximum absolute atomic E-state index is 12.1. The number of methoxy groups -OCH3 is 1. The third-order valence-corrected chi connectivity index (χ3v) is 6.94. The first-order valence-electron chi connectivity index (χ1n) is 10.5. The van der Waals surface area contributed by atoms with Gasteiger partial charge >= 0.3 is 5.97 Å². The molecule has 1 aromatic carbocycles. The van der Waals surface area contributed by atoms with Crippen LogP contribution in [-0.4, -0.2) is 56.6 Å². The van der Waals surface area contributed by atoms with E-state index >= 15 is 0 Å². The molecule has 0 spiro atoms. The van der Waals surface area contributed by atoms with E-state index in [4.69, 9.17) is 30.5 Å². The lowest BCUT2D eigenvalue weighted by atomic mass is 9.78. The standard InChI is InChI=1S/C22H30ClNO5/c1-14-17(21(25)26-3)12-18(23)20-19(14)28-22(2,29-20)16-6-4-15(5-7-16)13-24-8-10-27-11-9-24/h12,15-16H,4-11,13H2,1-3H3. The Hall–Kier alpha value is -1.50. The number of nitrogens with zero attached hydrogens (tertiary/aromatic N) is 1. The van der Waals surface area contributed by atoms with E-state index in [9.17, 15) is 4.79 Å². The molecule has 4 rings (SSSR count). The van der Waals surface area contributed by atoms with Crippen LogP contribution in [0.4, 0.5) is 0 Å². The van der Waals surface area contributed by atoms with Crippen LogP contribution < -0.4 is 9.47 Å². The van der Waals surface area contributed by atoms with Crippen LogP contribution in [0.5, 0.6) is 11.5 Å². The van der Waals surface area contributed by atoms with Crippen molar-refractivity contribution in [3.63, 3.8) is 0 Å². The molecule has 0 radical (unpaired) electrons. The summed E-state index contributed by atoms with van der Waals surface area (Å²) in [5.74, 6) is 0.926. The molecule has 2 aliphatic heterocycles. The Kier molecular flexibility index (Phi) is 5.96. The van der Waals surface area contributed by atoms with Crippen LogP contribution >= 0.6 is 11.6 Å². The van der Waals surface area contributed by atoms with Crippen molar-refractivity contribution in [2.24, 2.45) is 11.8 Å². The number of hydrogen-bond donors (Lipinski definition) is 0. The number of esters is 1. The number of rotatable bonds is 4. The lowest BCUT2D eigenvalue weighted by molar-refractivity contribution is -0.123. The third kappa shape index (κ3) is 4.07. The number of carbonyl (C=O) groups excluding carboxylic acids is 1. The fourth-order valence-corrected chi connectivity index (χ4v) is 5.09. The molecule has 1 aliphatic carbocycles. The van der Waals surface area contributed by atoms with Crippen LogP contribution in [0.1, 0.15) is 48.5 Å². The highest BCUT2D eigenvalue weighted by Crippen LogP contribution is 2.52. The molecule has 6 nitrogen and oxygen atoms in total. The van der Waals surface area contributed by atoms with Gasteiger partial charge in [-0.3, -0.25) is 4.90 Å². The van der Waals surface area contributed by atoms with Gasteiger partial charge in [-0.1, -0.05) is 11.6 Å². The van der Waals surface area contributed by atoms with Crippen LogP contribution in [-0.2, 0) is 9.47 Å². The van der Waals surface area contributed by atoms with Gasteiger partial charge in [-0.25, -0.2) is 4.79 Å². The minimum absolute atomic E-state index is 0.285. The van der Waals surface area contributed by atoms with Crippen molar-refractivity contribution >= 4 is 17.6 Å². The maximum Gasteiger partial charge on any atom is 0.338 e. The highest BCUT2D eigenvalue weighted by molar-refractivity contribution is 6.32. The molecule has 1 atom stereocenters. The molecule has 0 bridgehead atoms. The number of carbonyl (C=O) groups is 1. The fourth-order valence-electron chi connectivity index (χ4n) is 4.85. The van der Waals surface area contributed by atoms with Crippen LogP contribution in [0.25, 0.3) is 0 Å². The van der Waals surface area contributed by atoms with Gasteiger partial charge in [-0.15, -0.1) is 0 Å². The van der Waals surface area contributed by atoms with Gasteiger partial charge in [0.05, 0.1) is 30.9 Å². The van der Waals surface area contributed by atoms with E-state index in [1.165, 1.54) is 20.0 Å². The topological polar surface area (TPSA) is 57.2 Å². The van der Waals surface area contributed by atoms with Gasteiger partial charge in [0.2, 0.25) is 0 Å². The molecule has 2 heterocycles. The van der Waals surface area contributed by atoms with E-state index < -0.39 is 11.8 Å². The second-order valence-electron chi connectivity index (χ2n) is 8.53. The number of fused-ring (bicyclic) bond motifs is 1. The Balaban J connectivity index is 1.42. The summed E-state index contributed by atoms with van der Waals surface area (Å²) in [7, 11) is 1.36. The van der Waals surface area contributed by atoms with Crippen molar-refractivity contribution < 1.29 is 23.7 Å². The predicted octanol–water partition coefficient (Wildman–Crippen LogP) is 4.06. The van der Waals surface area contributed by atoms with Gasteiger partial charge in [-0.2, -0.15) is 0 Å². The predicted molar refractivity (Wildman–Crippen MR) is 110 cm³/mol. The van der Waals surface area contributed by atoms with Crippen LogP contribution in [0.15, 0.2) is 6.07 Å². The zero-order valence-corrected chi connectivity index (χ0v) is 18.2. The first-order valence-corrected chi connectivity index (χ1v) is 10.9. The summed E-state index contributed by atoms with van der Waals surface area (Å²) < 4.78 is 22.9. The molecular formula is C22H30ClNO5. The smallest absolute Gasteiger partial charge is 0.338 e. The summed E-state index contributed by atoms with van der Waals surface area (Å²) in [6.07, 6.45) is 4.45. The van der Waals surface area contributed by atoms with Crippen molar-refractivity contribution in [1.29, 1.82) is 0 Å². The summed E-state index contributed by atoms with van der Waals surface area (Å²) in [5, 5.41) is 0.385. The SMILES string of the molecule is COC(=O)c1cc(Cl)c2c(c1C)OC(C)(C1CCC(CN3CCOCC3)CC1)O2. The monoisotopic (exact) mass is 423 g/mol. The Bertz CT molecular complexity index is 771. The second-order valence-corrected chi connectivity index (χ2v) is 8.94. The number of hydrogen-bond acceptors (Lipinski definition) is 6. The first-order chi connectivity index (χ1) is 13.9. The summed E-state index contributed by atoms with van der Waals surface area (Å²) in [6.45, 7) is 8.77. The molecule has 0 aromatic heterocycles. The van der Waals surface area contributed by atoms with Crippen molar-refractivity contribution in [1.82, 2.24) is 4.90 Å². The third-order valence-electron chi connectivity index (χ3n) is 6.66. The average molecular weight is 424 g/mol. The van der Waals surface area contributed by atoms with E-state index in [-0.39, 0.29) is 5.92 Å². The Morgan fingerprint density at radius 3 is 2.52 bits per heavy atom. The molecule has 0 amide bonds. The number of halogens is 1. The van der Waals surface area contributed by atoms with E-state index in [0.717, 1.165) is 45.7 Å². The van der Waals surface area contributed by atoms with E-state index in [1.807, 2.05) is 13.8 Å². The lowest BCUT2D eigenvalue weighted by Gasteiger charge is -2.39. The molecule has 160 valence electrons. The van der Waals surface area contributed by atoms with E-state index in [0.29, 0.717) is 33.6 Å². The molecule has 3 aliphatic rings. The second kappa shape index (κ2) is 8.32. The Labute approximate surface area is 177 Å². The summed E-state index contributed by atoms with van der Waals surface area (Å²) in [5.41, 5.74) is 1.12. The molecule has 2 fully saturated rings. The largest absolute Gasteiger partial charge is 0.465 e. The summed E-state index contributed by atoms with van der Waals surface area (Å²) in [4.78, 5) is 14.6. The highest BCUT2D eigenvalue weighted by atomic mass is 35.5. The van der Waals surface area contributed by atoms with Gasteiger partial charge in [-0.05, 0) is 44.6 Å². The Morgan fingerprint density at radius 2 is 1.86 bits per heavy atom. The van der Waals surface area contributed by atoms with Gasteiger partial charge in [0.25, 0.3) is 5.79 Å². The van der Waals surface area contributed by atoms with Crippen LogP contribution in [0.2, 0.25) is 5.02 Å². The minimum Gasteiger partial charge on any atom is -0.465 e. The average Bonchev–Trinajstić information content (AvgIpc) is 3.11. The number of ether oxygens (including phenoxy) is 4. The van der Waals surface area contributed by atoms with Crippen molar-refractivity contribution in [3.8, 4) is 11.5 Å². The molecule has 29 heavy (non-hydrogen) atoms. The van der Waals surface area contributed by atoms with Crippen LogP contribution in [0.3, 0.4) is 0 Å². The number of morpholine rings is 1. The van der Waals surface area contributed by atoms with Crippen molar-refractivity contribution in [3.05, 3.63) is 22.2 Å². The van der Waals surface area contributed by atoms with Crippen molar-refractivity contribution in [2.45, 2.75) is 45.3 Å². The highest BCUT2D eigenvalue weighted by Gasteiger charge is 2.47. The van der Waals surface area contributed by atoms with Gasteiger partial charge < -0.3 is 18.9 Å². The normalized spacial score (nSPS) is 29.7. The maximum atomic E-state index is 12.1. The molecule has 1 unspecified atom stereocenters. The zero-order chi connectivity index (χ0) is 20.6.